The van der Waals surface area contributed by atoms with Crippen molar-refractivity contribution in [3.63, 3.8) is 0 Å². The third-order valence-electron chi connectivity index (χ3n) is 5.96. The maximum atomic E-state index is 12.6. The van der Waals surface area contributed by atoms with Crippen molar-refractivity contribution in [2.24, 2.45) is 5.92 Å². The van der Waals surface area contributed by atoms with E-state index in [1.165, 1.54) is 10.9 Å². The van der Waals surface area contributed by atoms with Crippen LogP contribution in [0.5, 0.6) is 0 Å². The standard InChI is InChI=1S/C22H25N7O/c1-15-25-26-20-6-7-21(27-29(15)20)28-12-9-16(10-13-28)22(30)23-11-8-17-14-24-19-5-3-2-4-18(17)19/h2-7,14,16,24H,8-13H2,1H3,(H,23,30). The Morgan fingerprint density at radius 2 is 2.00 bits per heavy atom. The minimum atomic E-state index is 0.0598. The highest BCUT2D eigenvalue weighted by atomic mass is 16.1. The van der Waals surface area contributed by atoms with Gasteiger partial charge in [0.2, 0.25) is 5.91 Å². The number of hydrogen-bond donors (Lipinski definition) is 2. The summed E-state index contributed by atoms with van der Waals surface area (Å²) in [4.78, 5) is 18.2. The number of rotatable bonds is 5. The molecule has 1 fully saturated rings. The average molecular weight is 403 g/mol. The van der Waals surface area contributed by atoms with E-state index in [0.717, 1.165) is 55.2 Å². The van der Waals surface area contributed by atoms with Crippen molar-refractivity contribution in [2.75, 3.05) is 24.5 Å². The molecule has 4 aromatic rings. The number of nitrogens with zero attached hydrogens (tertiary/aromatic N) is 5. The second-order valence-electron chi connectivity index (χ2n) is 7.87. The number of hydrogen-bond acceptors (Lipinski definition) is 5. The number of carbonyl (C=O) groups is 1. The number of benzene rings is 1. The second-order valence-corrected chi connectivity index (χ2v) is 7.87. The predicted octanol–water partition coefficient (Wildman–Crippen LogP) is 2.49. The number of amides is 1. The van der Waals surface area contributed by atoms with E-state index in [0.29, 0.717) is 6.54 Å². The number of fused-ring (bicyclic) bond motifs is 2. The van der Waals surface area contributed by atoms with Crippen molar-refractivity contribution in [2.45, 2.75) is 26.2 Å². The zero-order chi connectivity index (χ0) is 20.5. The van der Waals surface area contributed by atoms with Crippen LogP contribution in [0.15, 0.2) is 42.6 Å². The Hall–Kier alpha value is -3.42. The lowest BCUT2D eigenvalue weighted by Crippen LogP contribution is -2.41. The Balaban J connectivity index is 1.14. The van der Waals surface area contributed by atoms with Crippen LogP contribution in [0.4, 0.5) is 5.82 Å². The molecule has 1 aliphatic heterocycles. The Kier molecular flexibility index (Phi) is 4.82. The van der Waals surface area contributed by atoms with E-state index in [9.17, 15) is 4.79 Å². The summed E-state index contributed by atoms with van der Waals surface area (Å²) in [5, 5.41) is 17.1. The number of aromatic amines is 1. The molecular formula is C22H25N7O. The number of para-hydroxylation sites is 1. The van der Waals surface area contributed by atoms with Crippen LogP contribution >= 0.6 is 0 Å². The summed E-state index contributed by atoms with van der Waals surface area (Å²) < 4.78 is 1.76. The van der Waals surface area contributed by atoms with Gasteiger partial charge in [0, 0.05) is 42.7 Å². The number of piperidine rings is 1. The summed E-state index contributed by atoms with van der Waals surface area (Å²) in [6, 6.07) is 12.2. The number of nitrogens with one attached hydrogen (secondary N) is 2. The van der Waals surface area contributed by atoms with E-state index in [1.54, 1.807) is 4.52 Å². The fraction of sp³-hybridized carbons (Fsp3) is 0.364. The first kappa shape index (κ1) is 18.6. The van der Waals surface area contributed by atoms with Crippen LogP contribution in [0.1, 0.15) is 24.2 Å². The normalized spacial score (nSPS) is 15.2. The Labute approximate surface area is 174 Å². The van der Waals surface area contributed by atoms with Gasteiger partial charge in [-0.1, -0.05) is 18.2 Å². The molecule has 0 atom stereocenters. The van der Waals surface area contributed by atoms with E-state index in [2.05, 4.69) is 42.6 Å². The molecule has 8 heteroatoms. The van der Waals surface area contributed by atoms with Gasteiger partial charge in [-0.15, -0.1) is 15.3 Å². The summed E-state index contributed by atoms with van der Waals surface area (Å²) in [6.45, 7) is 4.19. The monoisotopic (exact) mass is 403 g/mol. The van der Waals surface area contributed by atoms with Crippen molar-refractivity contribution in [1.29, 1.82) is 0 Å². The smallest absolute Gasteiger partial charge is 0.223 e. The van der Waals surface area contributed by atoms with Gasteiger partial charge in [0.25, 0.3) is 0 Å². The van der Waals surface area contributed by atoms with Gasteiger partial charge < -0.3 is 15.2 Å². The first-order valence-electron chi connectivity index (χ1n) is 10.5. The molecule has 1 amide bonds. The summed E-state index contributed by atoms with van der Waals surface area (Å²) in [5.74, 6) is 1.90. The highest BCUT2D eigenvalue weighted by Crippen LogP contribution is 2.22. The van der Waals surface area contributed by atoms with Gasteiger partial charge in [-0.2, -0.15) is 4.52 Å². The van der Waals surface area contributed by atoms with E-state index >= 15 is 0 Å². The molecule has 0 aliphatic carbocycles. The van der Waals surface area contributed by atoms with Crippen LogP contribution in [0.2, 0.25) is 0 Å². The quantitative estimate of drug-likeness (QED) is 0.534. The van der Waals surface area contributed by atoms with Crippen molar-refractivity contribution in [3.05, 3.63) is 54.0 Å². The van der Waals surface area contributed by atoms with Crippen molar-refractivity contribution in [1.82, 2.24) is 30.1 Å². The van der Waals surface area contributed by atoms with E-state index in [1.807, 2.05) is 37.4 Å². The molecular weight excluding hydrogens is 378 g/mol. The van der Waals surface area contributed by atoms with Crippen LogP contribution < -0.4 is 10.2 Å². The van der Waals surface area contributed by atoms with Crippen molar-refractivity contribution in [3.8, 4) is 0 Å². The zero-order valence-corrected chi connectivity index (χ0v) is 17.0. The van der Waals surface area contributed by atoms with Crippen LogP contribution in [-0.4, -0.2) is 50.3 Å². The number of anilines is 1. The number of carbonyl (C=O) groups excluding carboxylic acids is 1. The first-order chi connectivity index (χ1) is 14.7. The lowest BCUT2D eigenvalue weighted by Gasteiger charge is -2.32. The molecule has 4 heterocycles. The van der Waals surface area contributed by atoms with Crippen LogP contribution in [0, 0.1) is 12.8 Å². The molecule has 0 saturated carbocycles. The third-order valence-corrected chi connectivity index (χ3v) is 5.96. The first-order valence-corrected chi connectivity index (χ1v) is 10.5. The lowest BCUT2D eigenvalue weighted by molar-refractivity contribution is -0.125. The van der Waals surface area contributed by atoms with Crippen LogP contribution in [0.25, 0.3) is 16.6 Å². The van der Waals surface area contributed by atoms with E-state index < -0.39 is 0 Å². The van der Waals surface area contributed by atoms with Crippen molar-refractivity contribution >= 4 is 28.3 Å². The maximum Gasteiger partial charge on any atom is 0.223 e. The molecule has 0 unspecified atom stereocenters. The molecule has 0 radical (unpaired) electrons. The van der Waals surface area contributed by atoms with Gasteiger partial charge in [0.1, 0.15) is 5.82 Å². The van der Waals surface area contributed by atoms with Gasteiger partial charge in [-0.05, 0) is 49.9 Å². The summed E-state index contributed by atoms with van der Waals surface area (Å²) >= 11 is 0. The topological polar surface area (TPSA) is 91.2 Å². The highest BCUT2D eigenvalue weighted by molar-refractivity contribution is 5.83. The average Bonchev–Trinajstić information content (AvgIpc) is 3.37. The highest BCUT2D eigenvalue weighted by Gasteiger charge is 2.25. The molecule has 2 N–H and O–H groups in total. The molecule has 0 bridgehead atoms. The van der Waals surface area contributed by atoms with Gasteiger partial charge in [0.15, 0.2) is 11.5 Å². The number of aryl methyl sites for hydroxylation is 1. The Bertz CT molecular complexity index is 1190. The fourth-order valence-corrected chi connectivity index (χ4v) is 4.23. The number of H-pyrrole nitrogens is 1. The molecule has 0 spiro atoms. The van der Waals surface area contributed by atoms with Gasteiger partial charge >= 0.3 is 0 Å². The molecule has 154 valence electrons. The largest absolute Gasteiger partial charge is 0.361 e. The zero-order valence-electron chi connectivity index (χ0n) is 17.0. The fourth-order valence-electron chi connectivity index (χ4n) is 4.23. The second kappa shape index (κ2) is 7.78. The molecule has 1 aliphatic rings. The molecule has 5 rings (SSSR count). The SMILES string of the molecule is Cc1nnc2ccc(N3CCC(C(=O)NCCc4c[nH]c5ccccc45)CC3)nn12. The lowest BCUT2D eigenvalue weighted by atomic mass is 9.96. The number of aromatic nitrogens is 5. The van der Waals surface area contributed by atoms with Gasteiger partial charge in [-0.3, -0.25) is 4.79 Å². The summed E-state index contributed by atoms with van der Waals surface area (Å²) in [6.07, 6.45) is 4.53. The van der Waals surface area contributed by atoms with Crippen LogP contribution in [0.3, 0.4) is 0 Å². The minimum absolute atomic E-state index is 0.0598. The van der Waals surface area contributed by atoms with E-state index in [-0.39, 0.29) is 11.8 Å². The molecule has 3 aromatic heterocycles. The van der Waals surface area contributed by atoms with Crippen molar-refractivity contribution < 1.29 is 4.79 Å². The summed E-state index contributed by atoms with van der Waals surface area (Å²) in [7, 11) is 0. The Morgan fingerprint density at radius 3 is 2.87 bits per heavy atom. The Morgan fingerprint density at radius 1 is 1.17 bits per heavy atom. The molecule has 30 heavy (non-hydrogen) atoms. The van der Waals surface area contributed by atoms with Gasteiger partial charge in [0.05, 0.1) is 0 Å². The third kappa shape index (κ3) is 3.49. The van der Waals surface area contributed by atoms with E-state index in [4.69, 9.17) is 0 Å². The minimum Gasteiger partial charge on any atom is -0.361 e. The summed E-state index contributed by atoms with van der Waals surface area (Å²) in [5.41, 5.74) is 3.13. The molecule has 8 nitrogen and oxygen atoms in total. The molecule has 1 aromatic carbocycles. The maximum absolute atomic E-state index is 12.6. The van der Waals surface area contributed by atoms with Crippen LogP contribution in [-0.2, 0) is 11.2 Å². The predicted molar refractivity (Wildman–Crippen MR) is 115 cm³/mol. The van der Waals surface area contributed by atoms with Gasteiger partial charge in [-0.25, -0.2) is 0 Å². The molecule has 1 saturated heterocycles.